The van der Waals surface area contributed by atoms with Crippen molar-refractivity contribution in [3.8, 4) is 0 Å². The summed E-state index contributed by atoms with van der Waals surface area (Å²) in [4.78, 5) is 8.26. The Morgan fingerprint density at radius 2 is 2.00 bits per heavy atom. The monoisotopic (exact) mass is 253 g/mol. The minimum absolute atomic E-state index is 0.137. The second-order valence-corrected chi connectivity index (χ2v) is 4.54. The van der Waals surface area contributed by atoms with Crippen LogP contribution in [0.3, 0.4) is 0 Å². The summed E-state index contributed by atoms with van der Waals surface area (Å²) < 4.78 is 0. The first-order valence-corrected chi connectivity index (χ1v) is 6.30. The maximum Gasteiger partial charge on any atom is 0.223 e. The summed E-state index contributed by atoms with van der Waals surface area (Å²) in [6.45, 7) is 7.02. The average molecular weight is 253 g/mol. The highest BCUT2D eigenvalue weighted by atomic mass is 16.3. The van der Waals surface area contributed by atoms with Crippen LogP contribution in [0, 0.1) is 0 Å². The quantitative estimate of drug-likeness (QED) is 0.587. The van der Waals surface area contributed by atoms with Crippen molar-refractivity contribution >= 4 is 17.6 Å². The normalized spacial score (nSPS) is 14.0. The van der Waals surface area contributed by atoms with Gasteiger partial charge in [0.2, 0.25) is 5.95 Å². The smallest absolute Gasteiger partial charge is 0.223 e. The number of aliphatic hydroxyl groups is 1. The topological polar surface area (TPSA) is 96.1 Å². The maximum atomic E-state index is 9.09. The van der Waals surface area contributed by atoms with Gasteiger partial charge in [-0.15, -0.1) is 0 Å². The molecule has 0 aliphatic heterocycles. The Morgan fingerprint density at radius 3 is 2.56 bits per heavy atom. The van der Waals surface area contributed by atoms with E-state index in [-0.39, 0.29) is 18.1 Å². The molecule has 1 aromatic heterocycles. The average Bonchev–Trinajstić information content (AvgIpc) is 2.28. The molecular formula is C12H23N5O. The zero-order valence-electron chi connectivity index (χ0n) is 11.3. The van der Waals surface area contributed by atoms with Gasteiger partial charge in [-0.05, 0) is 26.7 Å². The molecule has 6 nitrogen and oxygen atoms in total. The van der Waals surface area contributed by atoms with Crippen molar-refractivity contribution in [3.63, 3.8) is 0 Å². The molecule has 6 heteroatoms. The Hall–Kier alpha value is -1.56. The SMILES string of the molecule is CCNc1cc(NC(C)(CC)CCO)nc(N)n1. The first-order chi connectivity index (χ1) is 8.53. The van der Waals surface area contributed by atoms with E-state index < -0.39 is 0 Å². The van der Waals surface area contributed by atoms with Crippen molar-refractivity contribution in [2.75, 3.05) is 29.5 Å². The third-order valence-corrected chi connectivity index (χ3v) is 2.98. The minimum atomic E-state index is -0.195. The van der Waals surface area contributed by atoms with Crippen LogP contribution < -0.4 is 16.4 Å². The number of rotatable bonds is 7. The molecule has 0 saturated heterocycles. The molecule has 5 N–H and O–H groups in total. The van der Waals surface area contributed by atoms with E-state index in [2.05, 4.69) is 34.4 Å². The van der Waals surface area contributed by atoms with Crippen molar-refractivity contribution in [1.29, 1.82) is 0 Å². The second kappa shape index (κ2) is 6.39. The maximum absolute atomic E-state index is 9.09. The summed E-state index contributed by atoms with van der Waals surface area (Å²) >= 11 is 0. The van der Waals surface area contributed by atoms with Gasteiger partial charge in [0.25, 0.3) is 0 Å². The number of nitrogens with one attached hydrogen (secondary N) is 2. The molecule has 1 heterocycles. The molecule has 0 radical (unpaired) electrons. The zero-order valence-corrected chi connectivity index (χ0v) is 11.3. The minimum Gasteiger partial charge on any atom is -0.396 e. The van der Waals surface area contributed by atoms with Crippen LogP contribution in [-0.2, 0) is 0 Å². The lowest BCUT2D eigenvalue weighted by molar-refractivity contribution is 0.252. The fourth-order valence-electron chi connectivity index (χ4n) is 1.69. The van der Waals surface area contributed by atoms with E-state index in [0.717, 1.165) is 13.0 Å². The molecular weight excluding hydrogens is 230 g/mol. The van der Waals surface area contributed by atoms with Crippen LogP contribution in [0.2, 0.25) is 0 Å². The second-order valence-electron chi connectivity index (χ2n) is 4.54. The summed E-state index contributed by atoms with van der Waals surface area (Å²) in [7, 11) is 0. The standard InChI is InChI=1S/C12H23N5O/c1-4-12(3,6-7-18)17-10-8-9(14-5-2)15-11(13)16-10/h8,18H,4-7H2,1-3H3,(H4,13,14,15,16,17). The molecule has 0 saturated carbocycles. The van der Waals surface area contributed by atoms with Crippen molar-refractivity contribution in [1.82, 2.24) is 9.97 Å². The number of hydrogen-bond acceptors (Lipinski definition) is 6. The van der Waals surface area contributed by atoms with Crippen LogP contribution in [0.5, 0.6) is 0 Å². The lowest BCUT2D eigenvalue weighted by Gasteiger charge is -2.29. The molecule has 102 valence electrons. The van der Waals surface area contributed by atoms with E-state index in [0.29, 0.717) is 18.1 Å². The molecule has 0 bridgehead atoms. The van der Waals surface area contributed by atoms with E-state index >= 15 is 0 Å². The van der Waals surface area contributed by atoms with Gasteiger partial charge in [-0.2, -0.15) is 9.97 Å². The van der Waals surface area contributed by atoms with Crippen LogP contribution in [-0.4, -0.2) is 33.8 Å². The number of aromatic nitrogens is 2. The Kier molecular flexibility index (Phi) is 5.15. The fourth-order valence-corrected chi connectivity index (χ4v) is 1.69. The zero-order chi connectivity index (χ0) is 13.6. The van der Waals surface area contributed by atoms with E-state index in [1.165, 1.54) is 0 Å². The highest BCUT2D eigenvalue weighted by Gasteiger charge is 2.21. The van der Waals surface area contributed by atoms with Crippen molar-refractivity contribution < 1.29 is 5.11 Å². The lowest BCUT2D eigenvalue weighted by Crippen LogP contribution is -2.35. The summed E-state index contributed by atoms with van der Waals surface area (Å²) in [5.41, 5.74) is 5.48. The number of anilines is 3. The van der Waals surface area contributed by atoms with Gasteiger partial charge in [0.05, 0.1) is 0 Å². The first-order valence-electron chi connectivity index (χ1n) is 6.30. The molecule has 1 rings (SSSR count). The lowest BCUT2D eigenvalue weighted by atomic mass is 9.95. The number of nitrogens with two attached hydrogens (primary N) is 1. The Labute approximate surface area is 108 Å². The van der Waals surface area contributed by atoms with E-state index in [1.807, 2.05) is 13.0 Å². The van der Waals surface area contributed by atoms with Gasteiger partial charge in [0, 0.05) is 24.8 Å². The van der Waals surface area contributed by atoms with Gasteiger partial charge in [0.1, 0.15) is 11.6 Å². The predicted octanol–water partition coefficient (Wildman–Crippen LogP) is 1.45. The van der Waals surface area contributed by atoms with Gasteiger partial charge in [-0.25, -0.2) is 0 Å². The van der Waals surface area contributed by atoms with Gasteiger partial charge in [-0.1, -0.05) is 6.92 Å². The molecule has 0 amide bonds. The van der Waals surface area contributed by atoms with Crippen molar-refractivity contribution in [3.05, 3.63) is 6.07 Å². The number of aliphatic hydroxyl groups excluding tert-OH is 1. The number of nitrogens with zero attached hydrogens (tertiary/aromatic N) is 2. The number of hydrogen-bond donors (Lipinski definition) is 4. The summed E-state index contributed by atoms with van der Waals surface area (Å²) in [5.74, 6) is 1.62. The van der Waals surface area contributed by atoms with Crippen LogP contribution in [0.15, 0.2) is 6.07 Å². The van der Waals surface area contributed by atoms with Gasteiger partial charge in [0.15, 0.2) is 0 Å². The third-order valence-electron chi connectivity index (χ3n) is 2.98. The molecule has 0 aromatic carbocycles. The molecule has 0 spiro atoms. The van der Waals surface area contributed by atoms with E-state index in [9.17, 15) is 0 Å². The van der Waals surface area contributed by atoms with Crippen LogP contribution in [0.25, 0.3) is 0 Å². The highest BCUT2D eigenvalue weighted by Crippen LogP contribution is 2.22. The molecule has 1 unspecified atom stereocenters. The summed E-state index contributed by atoms with van der Waals surface area (Å²) in [5, 5.41) is 15.5. The van der Waals surface area contributed by atoms with Gasteiger partial charge < -0.3 is 21.5 Å². The van der Waals surface area contributed by atoms with Crippen LogP contribution in [0.1, 0.15) is 33.6 Å². The van der Waals surface area contributed by atoms with Crippen LogP contribution in [0.4, 0.5) is 17.6 Å². The molecule has 1 atom stereocenters. The highest BCUT2D eigenvalue weighted by molar-refractivity contribution is 5.52. The molecule has 0 aliphatic carbocycles. The Bertz CT molecular complexity index is 385. The third kappa shape index (κ3) is 4.03. The number of nitrogen functional groups attached to an aromatic ring is 1. The predicted molar refractivity (Wildman–Crippen MR) is 74.6 cm³/mol. The molecule has 0 aliphatic rings. The summed E-state index contributed by atoms with van der Waals surface area (Å²) in [6.07, 6.45) is 1.54. The molecule has 1 aromatic rings. The van der Waals surface area contributed by atoms with Crippen molar-refractivity contribution in [2.24, 2.45) is 0 Å². The Morgan fingerprint density at radius 1 is 1.33 bits per heavy atom. The molecule has 0 fully saturated rings. The van der Waals surface area contributed by atoms with Crippen LogP contribution >= 0.6 is 0 Å². The van der Waals surface area contributed by atoms with Gasteiger partial charge >= 0.3 is 0 Å². The fraction of sp³-hybridized carbons (Fsp3) is 0.667. The van der Waals surface area contributed by atoms with E-state index in [4.69, 9.17) is 10.8 Å². The summed E-state index contributed by atoms with van der Waals surface area (Å²) in [6, 6.07) is 1.82. The largest absolute Gasteiger partial charge is 0.396 e. The first kappa shape index (κ1) is 14.5. The van der Waals surface area contributed by atoms with Gasteiger partial charge in [-0.3, -0.25) is 0 Å². The Balaban J connectivity index is 2.88. The van der Waals surface area contributed by atoms with E-state index in [1.54, 1.807) is 0 Å². The van der Waals surface area contributed by atoms with Crippen molar-refractivity contribution in [2.45, 2.75) is 39.2 Å². The molecule has 18 heavy (non-hydrogen) atoms.